The van der Waals surface area contributed by atoms with E-state index in [1.54, 1.807) is 5.38 Å². The Morgan fingerprint density at radius 1 is 1.40 bits per heavy atom. The molecule has 8 heteroatoms. The third-order valence-electron chi connectivity index (χ3n) is 2.48. The van der Waals surface area contributed by atoms with Gasteiger partial charge in [0, 0.05) is 29.7 Å². The second kappa shape index (κ2) is 6.22. The van der Waals surface area contributed by atoms with E-state index < -0.39 is 4.92 Å². The zero-order valence-electron chi connectivity index (χ0n) is 10.4. The van der Waals surface area contributed by atoms with Crippen LogP contribution in [0.15, 0.2) is 29.6 Å². The van der Waals surface area contributed by atoms with Gasteiger partial charge >= 0.3 is 0 Å². The summed E-state index contributed by atoms with van der Waals surface area (Å²) < 4.78 is 0. The molecule has 3 N–H and O–H groups in total. The van der Waals surface area contributed by atoms with Gasteiger partial charge < -0.3 is 11.1 Å². The lowest BCUT2D eigenvalue weighted by molar-refractivity contribution is -0.384. The smallest absolute Gasteiger partial charge is 0.269 e. The number of nitrogens with zero attached hydrogens (tertiary/aromatic N) is 2. The van der Waals surface area contributed by atoms with Crippen LogP contribution in [0, 0.1) is 10.1 Å². The Morgan fingerprint density at radius 2 is 2.10 bits per heavy atom. The van der Waals surface area contributed by atoms with Crippen molar-refractivity contribution in [3.8, 4) is 0 Å². The Kier molecular flexibility index (Phi) is 4.38. The second-order valence-electron chi connectivity index (χ2n) is 3.97. The van der Waals surface area contributed by atoms with Crippen molar-refractivity contribution in [1.29, 1.82) is 0 Å². The topological polar surface area (TPSA) is 111 Å². The van der Waals surface area contributed by atoms with Gasteiger partial charge in [-0.1, -0.05) is 0 Å². The van der Waals surface area contributed by atoms with Gasteiger partial charge in [0.05, 0.1) is 17.0 Å². The van der Waals surface area contributed by atoms with E-state index in [1.807, 2.05) is 0 Å². The normalized spacial score (nSPS) is 10.2. The summed E-state index contributed by atoms with van der Waals surface area (Å²) >= 11 is 1.41. The zero-order valence-corrected chi connectivity index (χ0v) is 11.2. The number of aromatic nitrogens is 1. The highest BCUT2D eigenvalue weighted by Crippen LogP contribution is 2.16. The Morgan fingerprint density at radius 3 is 2.65 bits per heavy atom. The molecule has 0 unspecified atom stereocenters. The lowest BCUT2D eigenvalue weighted by Gasteiger charge is -2.03. The van der Waals surface area contributed by atoms with Gasteiger partial charge in [-0.3, -0.25) is 14.9 Å². The second-order valence-corrected chi connectivity index (χ2v) is 4.91. The Labute approximate surface area is 118 Å². The van der Waals surface area contributed by atoms with E-state index in [-0.39, 0.29) is 18.0 Å². The number of amides is 1. The third kappa shape index (κ3) is 3.59. The molecule has 1 aromatic heterocycles. The first kappa shape index (κ1) is 14.1. The number of nitrogens with one attached hydrogen (secondary N) is 1. The summed E-state index contributed by atoms with van der Waals surface area (Å²) in [6.45, 7) is 0.356. The maximum atomic E-state index is 11.8. The number of nitro groups is 1. The van der Waals surface area contributed by atoms with Crippen LogP contribution >= 0.6 is 11.3 Å². The Hall–Kier alpha value is -2.32. The van der Waals surface area contributed by atoms with Crippen LogP contribution in [0.3, 0.4) is 0 Å². The molecule has 0 aliphatic heterocycles. The minimum Gasteiger partial charge on any atom is -0.326 e. The minimum absolute atomic E-state index is 0.0184. The average molecular weight is 292 g/mol. The molecule has 0 saturated heterocycles. The number of hydrogen-bond donors (Lipinski definition) is 2. The molecule has 0 atom stereocenters. The number of nitrogens with two attached hydrogens (primary N) is 1. The van der Waals surface area contributed by atoms with Gasteiger partial charge in [0.1, 0.15) is 5.01 Å². The summed E-state index contributed by atoms with van der Waals surface area (Å²) in [4.78, 5) is 26.0. The van der Waals surface area contributed by atoms with Crippen molar-refractivity contribution in [1.82, 2.24) is 4.98 Å². The Balaban J connectivity index is 1.95. The molecule has 0 saturated carbocycles. The summed E-state index contributed by atoms with van der Waals surface area (Å²) in [7, 11) is 0. The fourth-order valence-corrected chi connectivity index (χ4v) is 2.23. The number of carbonyl (C=O) groups excluding carboxylic acids is 1. The number of non-ortho nitro benzene ring substituents is 1. The predicted octanol–water partition coefficient (Wildman–Crippen LogP) is 1.69. The van der Waals surface area contributed by atoms with Crippen molar-refractivity contribution >= 4 is 28.6 Å². The van der Waals surface area contributed by atoms with Crippen LogP contribution in [-0.4, -0.2) is 15.8 Å². The van der Waals surface area contributed by atoms with Gasteiger partial charge in [0.15, 0.2) is 0 Å². The first-order valence-electron chi connectivity index (χ1n) is 5.76. The van der Waals surface area contributed by atoms with E-state index in [2.05, 4.69) is 10.3 Å². The molecule has 20 heavy (non-hydrogen) atoms. The molecule has 0 bridgehead atoms. The standard InChI is InChI=1S/C12H12N4O3S/c13-6-12-15-9(7-20-12)5-11(17)14-8-1-3-10(4-2-8)16(18)19/h1-4,7H,5-6,13H2,(H,14,17). The molecular weight excluding hydrogens is 280 g/mol. The van der Waals surface area contributed by atoms with Crippen LogP contribution in [-0.2, 0) is 17.8 Å². The van der Waals surface area contributed by atoms with Crippen LogP contribution in [0.5, 0.6) is 0 Å². The van der Waals surface area contributed by atoms with E-state index in [1.165, 1.54) is 35.6 Å². The lowest BCUT2D eigenvalue weighted by atomic mass is 10.2. The van der Waals surface area contributed by atoms with E-state index in [4.69, 9.17) is 5.73 Å². The van der Waals surface area contributed by atoms with Crippen LogP contribution in [0.25, 0.3) is 0 Å². The van der Waals surface area contributed by atoms with E-state index in [0.29, 0.717) is 17.9 Å². The summed E-state index contributed by atoms with van der Waals surface area (Å²) in [5.74, 6) is -0.229. The van der Waals surface area contributed by atoms with Crippen molar-refractivity contribution in [3.63, 3.8) is 0 Å². The van der Waals surface area contributed by atoms with E-state index in [9.17, 15) is 14.9 Å². The van der Waals surface area contributed by atoms with Gasteiger partial charge in [-0.15, -0.1) is 11.3 Å². The number of carbonyl (C=O) groups is 1. The molecule has 2 rings (SSSR count). The highest BCUT2D eigenvalue weighted by molar-refractivity contribution is 7.09. The monoisotopic (exact) mass is 292 g/mol. The third-order valence-corrected chi connectivity index (χ3v) is 3.40. The largest absolute Gasteiger partial charge is 0.326 e. The molecule has 1 amide bonds. The summed E-state index contributed by atoms with van der Waals surface area (Å²) in [5.41, 5.74) is 6.60. The number of benzene rings is 1. The van der Waals surface area contributed by atoms with E-state index >= 15 is 0 Å². The lowest BCUT2D eigenvalue weighted by Crippen LogP contribution is -2.14. The van der Waals surface area contributed by atoms with Gasteiger partial charge in [-0.25, -0.2) is 4.98 Å². The SMILES string of the molecule is NCc1nc(CC(=O)Nc2ccc([N+](=O)[O-])cc2)cs1. The number of thiazole rings is 1. The maximum absolute atomic E-state index is 11.8. The maximum Gasteiger partial charge on any atom is 0.269 e. The number of anilines is 1. The van der Waals surface area contributed by atoms with Crippen LogP contribution < -0.4 is 11.1 Å². The highest BCUT2D eigenvalue weighted by atomic mass is 32.1. The van der Waals surface area contributed by atoms with E-state index in [0.717, 1.165) is 5.01 Å². The first-order chi connectivity index (χ1) is 9.58. The predicted molar refractivity (Wildman–Crippen MR) is 75.4 cm³/mol. The van der Waals surface area contributed by atoms with Crippen LogP contribution in [0.2, 0.25) is 0 Å². The molecule has 1 aromatic carbocycles. The summed E-state index contributed by atoms with van der Waals surface area (Å²) in [6.07, 6.45) is 0.146. The summed E-state index contributed by atoms with van der Waals surface area (Å²) in [6, 6.07) is 5.65. The van der Waals surface area contributed by atoms with Crippen LogP contribution in [0.1, 0.15) is 10.7 Å². The number of nitro benzene ring substituents is 1. The number of rotatable bonds is 5. The fraction of sp³-hybridized carbons (Fsp3) is 0.167. The van der Waals surface area contributed by atoms with Gasteiger partial charge in [-0.05, 0) is 12.1 Å². The van der Waals surface area contributed by atoms with Crippen molar-refractivity contribution < 1.29 is 9.72 Å². The van der Waals surface area contributed by atoms with Gasteiger partial charge in [0.25, 0.3) is 5.69 Å². The van der Waals surface area contributed by atoms with Crippen molar-refractivity contribution in [2.24, 2.45) is 5.73 Å². The molecule has 7 nitrogen and oxygen atoms in total. The highest BCUT2D eigenvalue weighted by Gasteiger charge is 2.09. The molecule has 2 aromatic rings. The average Bonchev–Trinajstić information content (AvgIpc) is 2.86. The molecule has 104 valence electrons. The first-order valence-corrected chi connectivity index (χ1v) is 6.64. The molecule has 0 spiro atoms. The van der Waals surface area contributed by atoms with Crippen LogP contribution in [0.4, 0.5) is 11.4 Å². The van der Waals surface area contributed by atoms with Crippen molar-refractivity contribution in [2.45, 2.75) is 13.0 Å². The van der Waals surface area contributed by atoms with Crippen molar-refractivity contribution in [2.75, 3.05) is 5.32 Å². The van der Waals surface area contributed by atoms with Gasteiger partial charge in [-0.2, -0.15) is 0 Å². The molecule has 0 aliphatic carbocycles. The minimum atomic E-state index is -0.491. The Bertz CT molecular complexity index is 624. The molecule has 0 aliphatic rings. The quantitative estimate of drug-likeness (QED) is 0.643. The van der Waals surface area contributed by atoms with Crippen molar-refractivity contribution in [3.05, 3.63) is 50.5 Å². The summed E-state index contributed by atoms with van der Waals surface area (Å²) in [5, 5.41) is 15.7. The molecule has 1 heterocycles. The molecular formula is C12H12N4O3S. The molecule has 0 fully saturated rings. The fourth-order valence-electron chi connectivity index (χ4n) is 1.56. The van der Waals surface area contributed by atoms with Gasteiger partial charge in [0.2, 0.25) is 5.91 Å². The zero-order chi connectivity index (χ0) is 14.5. The molecule has 0 radical (unpaired) electrons. The number of hydrogen-bond acceptors (Lipinski definition) is 6.